The average Bonchev–Trinajstić information content (AvgIpc) is 2.75. The lowest BCUT2D eigenvalue weighted by molar-refractivity contribution is -0.243. The van der Waals surface area contributed by atoms with E-state index in [0.29, 0.717) is 13.8 Å². The highest BCUT2D eigenvalue weighted by Gasteiger charge is 2.56. The highest BCUT2D eigenvalue weighted by atomic mass is 35.5. The van der Waals surface area contributed by atoms with E-state index in [0.717, 1.165) is 6.07 Å². The van der Waals surface area contributed by atoms with Crippen LogP contribution in [0.15, 0.2) is 36.4 Å². The zero-order chi connectivity index (χ0) is 29.0. The summed E-state index contributed by atoms with van der Waals surface area (Å²) < 4.78 is 74.3. The molecular weight excluding hydrogens is 579 g/mol. The fourth-order valence-electron chi connectivity index (χ4n) is 2.02. The molecule has 0 aliphatic rings. The summed E-state index contributed by atoms with van der Waals surface area (Å²) in [6.45, 7) is 0.702. The Morgan fingerprint density at radius 2 is 1.14 bits per heavy atom. The maximum Gasteiger partial charge on any atom is 0.426 e. The molecule has 0 radical (unpaired) electrons. The predicted molar refractivity (Wildman–Crippen MR) is 123 cm³/mol. The van der Waals surface area contributed by atoms with Crippen molar-refractivity contribution in [1.82, 2.24) is 0 Å². The number of rotatable bonds is 4. The molecule has 2 unspecified atom stereocenters. The molecule has 0 spiro atoms. The van der Waals surface area contributed by atoms with Gasteiger partial charge < -0.3 is 20.8 Å². The molecule has 0 fully saturated rings. The third kappa shape index (κ3) is 8.11. The molecular formula is C21H16Cl3F6N3O4. The molecule has 202 valence electrons. The summed E-state index contributed by atoms with van der Waals surface area (Å²) >= 11 is 16.9. The Labute approximate surface area is 220 Å². The van der Waals surface area contributed by atoms with Gasteiger partial charge in [0.05, 0.1) is 20.6 Å². The molecule has 0 bridgehead atoms. The van der Waals surface area contributed by atoms with E-state index in [1.165, 1.54) is 30.3 Å². The number of nitriles is 1. The Morgan fingerprint density at radius 3 is 1.46 bits per heavy atom. The quantitative estimate of drug-likeness (QED) is 0.338. The third-order valence-corrected chi connectivity index (χ3v) is 5.56. The summed E-state index contributed by atoms with van der Waals surface area (Å²) in [5.41, 5.74) is -6.95. The van der Waals surface area contributed by atoms with Crippen LogP contribution in [0.1, 0.15) is 19.4 Å². The van der Waals surface area contributed by atoms with E-state index < -0.39 is 35.4 Å². The zero-order valence-corrected chi connectivity index (χ0v) is 20.8. The summed E-state index contributed by atoms with van der Waals surface area (Å²) in [7, 11) is 0. The Bertz CT molecular complexity index is 1210. The molecule has 2 aromatic rings. The van der Waals surface area contributed by atoms with Crippen molar-refractivity contribution in [1.29, 1.82) is 5.26 Å². The number of hydrogen-bond donors (Lipinski definition) is 4. The van der Waals surface area contributed by atoms with Crippen LogP contribution in [-0.2, 0) is 9.59 Å². The Morgan fingerprint density at radius 1 is 0.757 bits per heavy atom. The summed E-state index contributed by atoms with van der Waals surface area (Å²) in [6.07, 6.45) is -10.2. The number of nitrogens with one attached hydrogen (secondary N) is 2. The topological polar surface area (TPSA) is 122 Å². The van der Waals surface area contributed by atoms with Crippen LogP contribution in [0, 0.1) is 11.3 Å². The SMILES string of the molecule is CC(O)(C(=O)Nc1ccc(C#N)c(Cl)c1)C(F)(F)F.CC(O)(C(=O)Nc1ccc(Cl)c(Cl)c1)C(F)(F)F. The fraction of sp³-hybridized carbons (Fsp3) is 0.286. The van der Waals surface area contributed by atoms with Gasteiger partial charge in [-0.2, -0.15) is 31.6 Å². The van der Waals surface area contributed by atoms with Crippen LogP contribution in [0.25, 0.3) is 0 Å². The minimum absolute atomic E-state index is 0.000995. The Balaban J connectivity index is 0.000000371. The molecule has 16 heteroatoms. The normalized spacial score (nSPS) is 14.7. The van der Waals surface area contributed by atoms with Crippen molar-refractivity contribution in [3.05, 3.63) is 57.0 Å². The molecule has 0 aliphatic carbocycles. The number of hydrogen-bond acceptors (Lipinski definition) is 5. The van der Waals surface area contributed by atoms with E-state index in [2.05, 4.69) is 0 Å². The Kier molecular flexibility index (Phi) is 10.2. The zero-order valence-electron chi connectivity index (χ0n) is 18.5. The molecule has 2 atom stereocenters. The molecule has 2 rings (SSSR count). The van der Waals surface area contributed by atoms with E-state index in [9.17, 15) is 35.9 Å². The number of halogens is 9. The molecule has 0 aromatic heterocycles. The van der Waals surface area contributed by atoms with Gasteiger partial charge in [0.25, 0.3) is 11.8 Å². The monoisotopic (exact) mass is 593 g/mol. The minimum atomic E-state index is -5.10. The van der Waals surface area contributed by atoms with Gasteiger partial charge >= 0.3 is 12.4 Å². The van der Waals surface area contributed by atoms with Gasteiger partial charge in [0.2, 0.25) is 11.2 Å². The molecule has 0 aliphatic heterocycles. The molecule has 2 aromatic carbocycles. The van der Waals surface area contributed by atoms with Crippen LogP contribution in [0.4, 0.5) is 37.7 Å². The summed E-state index contributed by atoms with van der Waals surface area (Å²) in [5.74, 6) is -3.24. The number of alkyl halides is 6. The van der Waals surface area contributed by atoms with Crippen molar-refractivity contribution < 1.29 is 46.1 Å². The molecule has 7 nitrogen and oxygen atoms in total. The third-order valence-electron chi connectivity index (χ3n) is 4.51. The van der Waals surface area contributed by atoms with Crippen LogP contribution in [0.2, 0.25) is 15.1 Å². The minimum Gasteiger partial charge on any atom is -0.373 e. The van der Waals surface area contributed by atoms with E-state index in [-0.39, 0.29) is 32.0 Å². The van der Waals surface area contributed by atoms with Crippen LogP contribution in [-0.4, -0.2) is 45.6 Å². The second-order valence-electron chi connectivity index (χ2n) is 7.48. The van der Waals surface area contributed by atoms with E-state index in [4.69, 9.17) is 50.3 Å². The van der Waals surface area contributed by atoms with E-state index in [1.54, 1.807) is 6.07 Å². The van der Waals surface area contributed by atoms with Crippen molar-refractivity contribution in [3.8, 4) is 6.07 Å². The second kappa shape index (κ2) is 11.7. The van der Waals surface area contributed by atoms with Gasteiger partial charge in [-0.25, -0.2) is 0 Å². The van der Waals surface area contributed by atoms with Gasteiger partial charge in [0.15, 0.2) is 0 Å². The lowest BCUT2D eigenvalue weighted by Crippen LogP contribution is -2.52. The van der Waals surface area contributed by atoms with Gasteiger partial charge in [-0.15, -0.1) is 0 Å². The van der Waals surface area contributed by atoms with E-state index >= 15 is 0 Å². The molecule has 37 heavy (non-hydrogen) atoms. The maximum atomic E-state index is 12.4. The average molecular weight is 595 g/mol. The van der Waals surface area contributed by atoms with E-state index in [1.807, 2.05) is 10.6 Å². The standard InChI is InChI=1S/C11H8ClF3N2O2.C10H8Cl2F3NO2/c1-10(19,11(13,14)15)9(18)17-7-3-2-6(5-16)8(12)4-7;1-9(18,10(13,14)15)8(17)16-5-2-3-6(11)7(12)4-5/h2-4,19H,1H3,(H,17,18);2-4,18H,1H3,(H,16,17). The first-order chi connectivity index (χ1) is 16.6. The number of nitrogens with zero attached hydrogens (tertiary/aromatic N) is 1. The van der Waals surface area contributed by atoms with Gasteiger partial charge in [-0.3, -0.25) is 9.59 Å². The van der Waals surface area contributed by atoms with Crippen LogP contribution in [0.3, 0.4) is 0 Å². The number of amides is 2. The predicted octanol–water partition coefficient (Wildman–Crippen LogP) is 5.71. The second-order valence-corrected chi connectivity index (χ2v) is 8.71. The lowest BCUT2D eigenvalue weighted by Gasteiger charge is -2.24. The van der Waals surface area contributed by atoms with Crippen LogP contribution >= 0.6 is 34.8 Å². The smallest absolute Gasteiger partial charge is 0.373 e. The number of aliphatic hydroxyl groups is 2. The van der Waals surface area contributed by atoms with Crippen molar-refractivity contribution in [2.45, 2.75) is 37.4 Å². The van der Waals surface area contributed by atoms with Crippen LogP contribution < -0.4 is 10.6 Å². The molecule has 0 saturated carbocycles. The van der Waals surface area contributed by atoms with Crippen molar-refractivity contribution >= 4 is 58.0 Å². The van der Waals surface area contributed by atoms with Gasteiger partial charge in [0.1, 0.15) is 6.07 Å². The van der Waals surface area contributed by atoms with Crippen molar-refractivity contribution in [2.24, 2.45) is 0 Å². The number of anilines is 2. The van der Waals surface area contributed by atoms with Gasteiger partial charge in [-0.1, -0.05) is 34.8 Å². The molecule has 2 amide bonds. The molecule has 4 N–H and O–H groups in total. The molecule has 0 saturated heterocycles. The highest BCUT2D eigenvalue weighted by molar-refractivity contribution is 6.42. The summed E-state index contributed by atoms with van der Waals surface area (Å²) in [5, 5.41) is 30.9. The number of carbonyl (C=O) groups excluding carboxylic acids is 2. The van der Waals surface area contributed by atoms with Crippen molar-refractivity contribution in [3.63, 3.8) is 0 Å². The number of carbonyl (C=O) groups is 2. The largest absolute Gasteiger partial charge is 0.426 e. The van der Waals surface area contributed by atoms with Crippen LogP contribution in [0.5, 0.6) is 0 Å². The van der Waals surface area contributed by atoms with Crippen molar-refractivity contribution in [2.75, 3.05) is 10.6 Å². The maximum absolute atomic E-state index is 12.4. The first kappa shape index (κ1) is 32.3. The van der Waals surface area contributed by atoms with Gasteiger partial charge in [-0.05, 0) is 50.2 Å². The fourth-order valence-corrected chi connectivity index (χ4v) is 2.54. The van der Waals surface area contributed by atoms with Gasteiger partial charge in [0, 0.05) is 11.4 Å². The first-order valence-electron chi connectivity index (χ1n) is 9.51. The highest BCUT2D eigenvalue weighted by Crippen LogP contribution is 2.33. The summed E-state index contributed by atoms with van der Waals surface area (Å²) in [6, 6.07) is 9.06. The molecule has 0 heterocycles. The first-order valence-corrected chi connectivity index (χ1v) is 10.6. The Hall–Kier alpha value is -2.76. The lowest BCUT2D eigenvalue weighted by atomic mass is 10.1. The number of benzene rings is 2. The summed E-state index contributed by atoms with van der Waals surface area (Å²) in [4.78, 5) is 22.7.